The van der Waals surface area contributed by atoms with Crippen LogP contribution in [0.1, 0.15) is 23.2 Å². The van der Waals surface area contributed by atoms with Gasteiger partial charge in [-0.25, -0.2) is 14.8 Å². The summed E-state index contributed by atoms with van der Waals surface area (Å²) >= 11 is 3.47. The average molecular weight is 321 g/mol. The highest BCUT2D eigenvalue weighted by Crippen LogP contribution is 2.26. The van der Waals surface area contributed by atoms with Gasteiger partial charge in [0.2, 0.25) is 5.82 Å². The Hall–Kier alpha value is -1.75. The molecule has 19 heavy (non-hydrogen) atoms. The third kappa shape index (κ3) is 3.17. The Balaban J connectivity index is 2.48. The van der Waals surface area contributed by atoms with Crippen molar-refractivity contribution in [1.29, 1.82) is 0 Å². The Kier molecular flexibility index (Phi) is 4.27. The van der Waals surface area contributed by atoms with E-state index in [1.165, 1.54) is 0 Å². The van der Waals surface area contributed by atoms with Crippen LogP contribution in [0.15, 0.2) is 34.8 Å². The molecule has 0 aliphatic carbocycles. The largest absolute Gasteiger partial charge is 0.460 e. The molecule has 1 heterocycles. The lowest BCUT2D eigenvalue weighted by Crippen LogP contribution is -2.11. The van der Waals surface area contributed by atoms with Gasteiger partial charge in [-0.3, -0.25) is 0 Å². The minimum Gasteiger partial charge on any atom is -0.460 e. The summed E-state index contributed by atoms with van der Waals surface area (Å²) < 4.78 is 5.85. The van der Waals surface area contributed by atoms with Crippen molar-refractivity contribution >= 4 is 21.9 Å². The van der Waals surface area contributed by atoms with Crippen molar-refractivity contribution in [1.82, 2.24) is 9.97 Å². The first kappa shape index (κ1) is 13.7. The summed E-state index contributed by atoms with van der Waals surface area (Å²) in [5, 5.41) is 0. The van der Waals surface area contributed by atoms with Crippen LogP contribution in [0.5, 0.6) is 0 Å². The van der Waals surface area contributed by atoms with Gasteiger partial charge in [-0.05, 0) is 26.0 Å². The van der Waals surface area contributed by atoms with Crippen molar-refractivity contribution in [2.75, 3.05) is 6.61 Å². The van der Waals surface area contributed by atoms with Crippen LogP contribution in [-0.4, -0.2) is 22.5 Å². The van der Waals surface area contributed by atoms with E-state index in [-0.39, 0.29) is 5.82 Å². The van der Waals surface area contributed by atoms with Gasteiger partial charge in [-0.2, -0.15) is 0 Å². The van der Waals surface area contributed by atoms with Gasteiger partial charge in [0.1, 0.15) is 0 Å². The lowest BCUT2D eigenvalue weighted by atomic mass is 10.1. The maximum Gasteiger partial charge on any atom is 0.376 e. The van der Waals surface area contributed by atoms with Gasteiger partial charge in [0.05, 0.1) is 12.3 Å². The second kappa shape index (κ2) is 5.93. The number of hydrogen-bond donors (Lipinski definition) is 0. The smallest absolute Gasteiger partial charge is 0.376 e. The summed E-state index contributed by atoms with van der Waals surface area (Å²) in [7, 11) is 0. The number of ether oxygens (including phenoxy) is 1. The van der Waals surface area contributed by atoms with Crippen molar-refractivity contribution in [2.24, 2.45) is 0 Å². The molecular weight excluding hydrogens is 308 g/mol. The summed E-state index contributed by atoms with van der Waals surface area (Å²) in [5.41, 5.74) is 2.34. The van der Waals surface area contributed by atoms with Crippen molar-refractivity contribution in [2.45, 2.75) is 13.8 Å². The van der Waals surface area contributed by atoms with Crippen LogP contribution in [0, 0.1) is 6.92 Å². The summed E-state index contributed by atoms with van der Waals surface area (Å²) in [6.45, 7) is 3.88. The fourth-order valence-electron chi connectivity index (χ4n) is 1.66. The van der Waals surface area contributed by atoms with Crippen LogP contribution in [0.25, 0.3) is 11.3 Å². The van der Waals surface area contributed by atoms with Gasteiger partial charge in [0.15, 0.2) is 0 Å². The van der Waals surface area contributed by atoms with Crippen LogP contribution in [0.2, 0.25) is 0 Å². The van der Waals surface area contributed by atoms with Crippen LogP contribution in [-0.2, 0) is 4.74 Å². The third-order valence-electron chi connectivity index (χ3n) is 2.46. The Labute approximate surface area is 120 Å². The number of esters is 1. The molecule has 0 amide bonds. The monoisotopic (exact) mass is 320 g/mol. The third-order valence-corrected chi connectivity index (χ3v) is 3.15. The van der Waals surface area contributed by atoms with Crippen LogP contribution >= 0.6 is 15.9 Å². The molecule has 1 aromatic carbocycles. The average Bonchev–Trinajstić information content (AvgIpc) is 2.39. The number of nitrogens with zero attached hydrogens (tertiary/aromatic N) is 2. The molecule has 2 aromatic rings. The van der Waals surface area contributed by atoms with Crippen molar-refractivity contribution in [3.05, 3.63) is 46.3 Å². The van der Waals surface area contributed by atoms with Gasteiger partial charge >= 0.3 is 5.97 Å². The van der Waals surface area contributed by atoms with E-state index in [9.17, 15) is 4.79 Å². The van der Waals surface area contributed by atoms with E-state index in [0.29, 0.717) is 12.3 Å². The van der Waals surface area contributed by atoms with E-state index in [4.69, 9.17) is 4.74 Å². The fraction of sp³-hybridized carbons (Fsp3) is 0.214. The zero-order chi connectivity index (χ0) is 13.8. The molecule has 0 spiro atoms. The van der Waals surface area contributed by atoms with E-state index < -0.39 is 5.97 Å². The predicted octanol–water partition coefficient (Wildman–Crippen LogP) is 3.39. The molecule has 0 saturated carbocycles. The second-order valence-electron chi connectivity index (χ2n) is 3.92. The van der Waals surface area contributed by atoms with Crippen molar-refractivity contribution in [3.8, 4) is 11.3 Å². The Morgan fingerprint density at radius 2 is 2.05 bits per heavy atom. The molecule has 0 fully saturated rings. The normalized spacial score (nSPS) is 10.3. The van der Waals surface area contributed by atoms with E-state index in [1.807, 2.05) is 37.3 Å². The molecule has 0 unspecified atom stereocenters. The number of carbonyl (C=O) groups excluding carboxylic acids is 1. The zero-order valence-corrected chi connectivity index (χ0v) is 12.3. The van der Waals surface area contributed by atoms with Crippen LogP contribution in [0.3, 0.4) is 0 Å². The first-order valence-electron chi connectivity index (χ1n) is 5.89. The Morgan fingerprint density at radius 3 is 2.74 bits per heavy atom. The molecule has 0 aliphatic rings. The number of halogens is 1. The molecule has 0 radical (unpaired) electrons. The maximum atomic E-state index is 11.7. The number of benzene rings is 1. The summed E-state index contributed by atoms with van der Waals surface area (Å²) in [6.07, 6.45) is 0. The highest BCUT2D eigenvalue weighted by Gasteiger charge is 2.14. The van der Waals surface area contributed by atoms with E-state index in [1.54, 1.807) is 6.92 Å². The zero-order valence-electron chi connectivity index (χ0n) is 10.7. The molecule has 1 aromatic heterocycles. The SMILES string of the molecule is CCOC(=O)c1nc(C)cc(-c2ccccc2Br)n1. The summed E-state index contributed by atoms with van der Waals surface area (Å²) in [4.78, 5) is 20.1. The van der Waals surface area contributed by atoms with Crippen LogP contribution < -0.4 is 0 Å². The number of hydrogen-bond acceptors (Lipinski definition) is 4. The molecule has 0 atom stereocenters. The number of aryl methyl sites for hydroxylation is 1. The number of carbonyl (C=O) groups is 1. The van der Waals surface area contributed by atoms with Crippen molar-refractivity contribution < 1.29 is 9.53 Å². The van der Waals surface area contributed by atoms with Gasteiger partial charge in [0.25, 0.3) is 0 Å². The minimum absolute atomic E-state index is 0.0904. The molecule has 98 valence electrons. The lowest BCUT2D eigenvalue weighted by Gasteiger charge is -2.07. The number of aromatic nitrogens is 2. The first-order chi connectivity index (χ1) is 9.11. The van der Waals surface area contributed by atoms with Crippen molar-refractivity contribution in [3.63, 3.8) is 0 Å². The fourth-order valence-corrected chi connectivity index (χ4v) is 2.15. The molecule has 0 N–H and O–H groups in total. The lowest BCUT2D eigenvalue weighted by molar-refractivity contribution is 0.0512. The molecule has 0 saturated heterocycles. The Morgan fingerprint density at radius 1 is 1.32 bits per heavy atom. The predicted molar refractivity (Wildman–Crippen MR) is 75.9 cm³/mol. The first-order valence-corrected chi connectivity index (χ1v) is 6.69. The molecule has 5 heteroatoms. The summed E-state index contributed by atoms with van der Waals surface area (Å²) in [6, 6.07) is 9.54. The van der Waals surface area contributed by atoms with Gasteiger partial charge < -0.3 is 4.74 Å². The number of rotatable bonds is 3. The minimum atomic E-state index is -0.500. The van der Waals surface area contributed by atoms with E-state index in [2.05, 4.69) is 25.9 Å². The highest BCUT2D eigenvalue weighted by molar-refractivity contribution is 9.10. The second-order valence-corrected chi connectivity index (χ2v) is 4.77. The molecule has 4 nitrogen and oxygen atoms in total. The summed E-state index contributed by atoms with van der Waals surface area (Å²) in [5.74, 6) is -0.410. The standard InChI is InChI=1S/C14H13BrN2O2/c1-3-19-14(18)13-16-9(2)8-12(17-13)10-6-4-5-7-11(10)15/h4-8H,3H2,1-2H3. The van der Waals surface area contributed by atoms with Gasteiger partial charge in [-0.1, -0.05) is 34.1 Å². The molecule has 2 rings (SSSR count). The quantitative estimate of drug-likeness (QED) is 0.813. The highest BCUT2D eigenvalue weighted by atomic mass is 79.9. The van der Waals surface area contributed by atoms with Gasteiger partial charge in [0, 0.05) is 15.7 Å². The molecule has 0 aliphatic heterocycles. The van der Waals surface area contributed by atoms with E-state index in [0.717, 1.165) is 15.7 Å². The maximum absolute atomic E-state index is 11.7. The molecule has 0 bridgehead atoms. The molecular formula is C14H13BrN2O2. The van der Waals surface area contributed by atoms with Gasteiger partial charge in [-0.15, -0.1) is 0 Å². The topological polar surface area (TPSA) is 52.1 Å². The van der Waals surface area contributed by atoms with Crippen LogP contribution in [0.4, 0.5) is 0 Å². The Bertz CT molecular complexity index is 614. The van der Waals surface area contributed by atoms with E-state index >= 15 is 0 Å².